The average Bonchev–Trinajstić information content (AvgIpc) is 2.24. The number of aryl methyl sites for hydroxylation is 2. The maximum Gasteiger partial charge on any atom is 0.220 e. The maximum absolute atomic E-state index is 5.69. The molecule has 3 heteroatoms. The lowest BCUT2D eigenvalue weighted by Crippen LogP contribution is -2.00. The summed E-state index contributed by atoms with van der Waals surface area (Å²) in [5.74, 6) is 0.331. The van der Waals surface area contributed by atoms with Crippen molar-refractivity contribution in [3.63, 3.8) is 0 Å². The van der Waals surface area contributed by atoms with Crippen LogP contribution in [0.4, 0.5) is 5.95 Å². The van der Waals surface area contributed by atoms with Gasteiger partial charge in [0.25, 0.3) is 0 Å². The van der Waals surface area contributed by atoms with E-state index in [1.807, 2.05) is 13.0 Å². The van der Waals surface area contributed by atoms with Crippen molar-refractivity contribution in [2.75, 3.05) is 5.73 Å². The Morgan fingerprint density at radius 3 is 2.29 bits per heavy atom. The van der Waals surface area contributed by atoms with Gasteiger partial charge in [-0.25, -0.2) is 9.97 Å². The summed E-state index contributed by atoms with van der Waals surface area (Å²) in [7, 11) is 0. The third kappa shape index (κ3) is 2.13. The van der Waals surface area contributed by atoms with Crippen LogP contribution in [0.2, 0.25) is 0 Å². The molecule has 0 spiro atoms. The van der Waals surface area contributed by atoms with E-state index >= 15 is 0 Å². The number of nitrogens with zero attached hydrogens (tertiary/aromatic N) is 2. The molecule has 3 nitrogen and oxygen atoms in total. The van der Waals surface area contributed by atoms with Crippen LogP contribution in [0.15, 0.2) is 18.2 Å². The van der Waals surface area contributed by atoms with E-state index in [-0.39, 0.29) is 0 Å². The number of hydrogen-bond donors (Lipinski definition) is 1. The number of nitrogens with two attached hydrogens (primary N) is 1. The Morgan fingerprint density at radius 1 is 0.941 bits per heavy atom. The lowest BCUT2D eigenvalue weighted by atomic mass is 9.97. The molecule has 0 aliphatic heterocycles. The number of benzene rings is 1. The van der Waals surface area contributed by atoms with Gasteiger partial charge in [0.15, 0.2) is 0 Å². The van der Waals surface area contributed by atoms with Crippen molar-refractivity contribution in [3.05, 3.63) is 40.6 Å². The second kappa shape index (κ2) is 4.17. The van der Waals surface area contributed by atoms with Crippen LogP contribution in [-0.2, 0) is 0 Å². The first-order valence-electron chi connectivity index (χ1n) is 5.67. The van der Waals surface area contributed by atoms with E-state index in [9.17, 15) is 0 Å². The van der Waals surface area contributed by atoms with E-state index < -0.39 is 0 Å². The lowest BCUT2D eigenvalue weighted by Gasteiger charge is -2.11. The van der Waals surface area contributed by atoms with E-state index in [0.717, 1.165) is 17.0 Å². The van der Waals surface area contributed by atoms with E-state index in [0.29, 0.717) is 5.95 Å². The van der Waals surface area contributed by atoms with E-state index in [4.69, 9.17) is 5.73 Å². The van der Waals surface area contributed by atoms with Crippen molar-refractivity contribution < 1.29 is 0 Å². The summed E-state index contributed by atoms with van der Waals surface area (Å²) in [5, 5.41) is 0. The summed E-state index contributed by atoms with van der Waals surface area (Å²) in [5.41, 5.74) is 12.5. The third-order valence-corrected chi connectivity index (χ3v) is 3.21. The summed E-state index contributed by atoms with van der Waals surface area (Å²) >= 11 is 0. The molecule has 0 amide bonds. The van der Waals surface area contributed by atoms with Crippen molar-refractivity contribution >= 4 is 5.95 Å². The predicted octanol–water partition coefficient (Wildman–Crippen LogP) is 2.96. The Bertz CT molecular complexity index is 554. The first kappa shape index (κ1) is 11.6. The highest BCUT2D eigenvalue weighted by Gasteiger charge is 2.08. The molecule has 0 atom stereocenters. The molecular formula is C14H17N3. The fourth-order valence-electron chi connectivity index (χ4n) is 1.96. The smallest absolute Gasteiger partial charge is 0.220 e. The third-order valence-electron chi connectivity index (χ3n) is 3.21. The van der Waals surface area contributed by atoms with Crippen LogP contribution in [0, 0.1) is 27.7 Å². The van der Waals surface area contributed by atoms with Crippen LogP contribution < -0.4 is 5.73 Å². The van der Waals surface area contributed by atoms with Crippen LogP contribution in [0.25, 0.3) is 11.3 Å². The fourth-order valence-corrected chi connectivity index (χ4v) is 1.96. The summed E-state index contributed by atoms with van der Waals surface area (Å²) in [6.07, 6.45) is 0. The highest BCUT2D eigenvalue weighted by Crippen LogP contribution is 2.26. The van der Waals surface area contributed by atoms with Gasteiger partial charge in [-0.3, -0.25) is 0 Å². The molecule has 0 saturated heterocycles. The topological polar surface area (TPSA) is 51.8 Å². The molecule has 0 aliphatic rings. The molecule has 1 aromatic carbocycles. The Kier molecular flexibility index (Phi) is 2.84. The van der Waals surface area contributed by atoms with Gasteiger partial charge in [-0.05, 0) is 50.5 Å². The minimum atomic E-state index is 0.331. The maximum atomic E-state index is 5.69. The second-order valence-electron chi connectivity index (χ2n) is 4.43. The molecular weight excluding hydrogens is 210 g/mol. The summed E-state index contributed by atoms with van der Waals surface area (Å²) < 4.78 is 0. The zero-order chi connectivity index (χ0) is 12.6. The molecule has 2 rings (SSSR count). The SMILES string of the molecule is Cc1cc(-c2ccc(C)c(C)c2C)nc(N)n1. The van der Waals surface area contributed by atoms with Gasteiger partial charge >= 0.3 is 0 Å². The number of rotatable bonds is 1. The van der Waals surface area contributed by atoms with Crippen molar-refractivity contribution in [1.29, 1.82) is 0 Å². The van der Waals surface area contributed by atoms with Gasteiger partial charge < -0.3 is 5.73 Å². The van der Waals surface area contributed by atoms with Crippen LogP contribution in [-0.4, -0.2) is 9.97 Å². The van der Waals surface area contributed by atoms with Gasteiger partial charge in [-0.1, -0.05) is 12.1 Å². The quantitative estimate of drug-likeness (QED) is 0.814. The summed E-state index contributed by atoms with van der Waals surface area (Å²) in [6, 6.07) is 6.18. The van der Waals surface area contributed by atoms with Crippen molar-refractivity contribution in [2.24, 2.45) is 0 Å². The second-order valence-corrected chi connectivity index (χ2v) is 4.43. The van der Waals surface area contributed by atoms with E-state index in [2.05, 4.69) is 42.9 Å². The van der Waals surface area contributed by atoms with Crippen LogP contribution >= 0.6 is 0 Å². The molecule has 88 valence electrons. The minimum Gasteiger partial charge on any atom is -0.368 e. The first-order valence-corrected chi connectivity index (χ1v) is 5.67. The molecule has 0 fully saturated rings. The molecule has 2 N–H and O–H groups in total. The zero-order valence-electron chi connectivity index (χ0n) is 10.7. The highest BCUT2D eigenvalue weighted by atomic mass is 15.0. The van der Waals surface area contributed by atoms with Crippen LogP contribution in [0.3, 0.4) is 0 Å². The molecule has 0 radical (unpaired) electrons. The van der Waals surface area contributed by atoms with Gasteiger partial charge in [0.05, 0.1) is 5.69 Å². The fraction of sp³-hybridized carbons (Fsp3) is 0.286. The summed E-state index contributed by atoms with van der Waals surface area (Å²) in [6.45, 7) is 8.29. The Labute approximate surface area is 102 Å². The van der Waals surface area contributed by atoms with Gasteiger partial charge in [0, 0.05) is 11.3 Å². The van der Waals surface area contributed by atoms with Crippen LogP contribution in [0.5, 0.6) is 0 Å². The van der Waals surface area contributed by atoms with Gasteiger partial charge in [-0.15, -0.1) is 0 Å². The Hall–Kier alpha value is -1.90. The standard InChI is InChI=1S/C14H17N3/c1-8-5-6-12(11(4)10(8)3)13-7-9(2)16-14(15)17-13/h5-7H,1-4H3,(H2,15,16,17). The van der Waals surface area contributed by atoms with Crippen molar-refractivity contribution in [1.82, 2.24) is 9.97 Å². The van der Waals surface area contributed by atoms with Crippen LogP contribution in [0.1, 0.15) is 22.4 Å². The van der Waals surface area contributed by atoms with Crippen molar-refractivity contribution in [3.8, 4) is 11.3 Å². The Balaban J connectivity index is 2.64. The highest BCUT2D eigenvalue weighted by molar-refractivity contribution is 5.67. The molecule has 0 aliphatic carbocycles. The van der Waals surface area contributed by atoms with Gasteiger partial charge in [-0.2, -0.15) is 0 Å². The normalized spacial score (nSPS) is 10.6. The molecule has 0 unspecified atom stereocenters. The molecule has 17 heavy (non-hydrogen) atoms. The van der Waals surface area contributed by atoms with Gasteiger partial charge in [0.2, 0.25) is 5.95 Å². The Morgan fingerprint density at radius 2 is 1.65 bits per heavy atom. The molecule has 0 bridgehead atoms. The summed E-state index contributed by atoms with van der Waals surface area (Å²) in [4.78, 5) is 8.40. The largest absolute Gasteiger partial charge is 0.368 e. The number of hydrogen-bond acceptors (Lipinski definition) is 3. The van der Waals surface area contributed by atoms with Crippen molar-refractivity contribution in [2.45, 2.75) is 27.7 Å². The monoisotopic (exact) mass is 227 g/mol. The average molecular weight is 227 g/mol. The molecule has 0 saturated carbocycles. The molecule has 2 aromatic rings. The number of anilines is 1. The number of aromatic nitrogens is 2. The van der Waals surface area contributed by atoms with E-state index in [1.165, 1.54) is 16.7 Å². The lowest BCUT2D eigenvalue weighted by molar-refractivity contribution is 1.12. The van der Waals surface area contributed by atoms with Gasteiger partial charge in [0.1, 0.15) is 0 Å². The number of nitrogen functional groups attached to an aromatic ring is 1. The first-order chi connectivity index (χ1) is 7.99. The van der Waals surface area contributed by atoms with E-state index in [1.54, 1.807) is 0 Å². The molecule has 1 heterocycles. The zero-order valence-corrected chi connectivity index (χ0v) is 10.7. The predicted molar refractivity (Wildman–Crippen MR) is 70.8 cm³/mol. The molecule has 1 aromatic heterocycles. The minimum absolute atomic E-state index is 0.331.